The molecule has 0 radical (unpaired) electrons. The van der Waals surface area contributed by atoms with E-state index in [4.69, 9.17) is 23.2 Å². The molecule has 1 aliphatic rings. The van der Waals surface area contributed by atoms with E-state index in [1.807, 2.05) is 0 Å². The molecule has 1 fully saturated rings. The van der Waals surface area contributed by atoms with E-state index in [1.165, 1.54) is 30.6 Å². The quantitative estimate of drug-likeness (QED) is 0.327. The number of aliphatic hydroxyl groups is 1. The number of rotatable bonds is 3. The van der Waals surface area contributed by atoms with Gasteiger partial charge in [0.1, 0.15) is 17.4 Å². The molecule has 0 spiro atoms. The van der Waals surface area contributed by atoms with Crippen LogP contribution in [0.1, 0.15) is 17.2 Å². The van der Waals surface area contributed by atoms with Crippen LogP contribution in [-0.2, 0) is 9.59 Å². The summed E-state index contributed by atoms with van der Waals surface area (Å²) in [5, 5.41) is 11.3. The lowest BCUT2D eigenvalue weighted by Gasteiger charge is -2.25. The van der Waals surface area contributed by atoms with Gasteiger partial charge in [0, 0.05) is 24.0 Å². The number of hydrogen-bond acceptors (Lipinski definition) is 4. The van der Waals surface area contributed by atoms with Gasteiger partial charge in [-0.2, -0.15) is 0 Å². The van der Waals surface area contributed by atoms with Gasteiger partial charge in [-0.25, -0.2) is 8.78 Å². The summed E-state index contributed by atoms with van der Waals surface area (Å²) >= 11 is 11.9. The van der Waals surface area contributed by atoms with Crippen molar-refractivity contribution in [3.8, 4) is 0 Å². The molecule has 1 amide bonds. The van der Waals surface area contributed by atoms with Gasteiger partial charge in [0.15, 0.2) is 0 Å². The van der Waals surface area contributed by atoms with E-state index in [0.717, 1.165) is 23.1 Å². The van der Waals surface area contributed by atoms with Gasteiger partial charge in [-0.1, -0.05) is 29.3 Å². The number of benzene rings is 2. The van der Waals surface area contributed by atoms with E-state index in [2.05, 4.69) is 4.98 Å². The number of anilines is 1. The number of carbonyl (C=O) groups is 2. The summed E-state index contributed by atoms with van der Waals surface area (Å²) in [4.78, 5) is 30.6. The SMILES string of the molecule is O=C1C(=O)N(c2cc(F)ccc2F)C(c2cccnc2)/C1=C(\O)c1ccc(Cl)c(Cl)c1. The molecule has 1 aliphatic heterocycles. The lowest BCUT2D eigenvalue weighted by Crippen LogP contribution is -2.30. The summed E-state index contributed by atoms with van der Waals surface area (Å²) in [7, 11) is 0. The van der Waals surface area contributed by atoms with Crippen LogP contribution in [0.5, 0.6) is 0 Å². The smallest absolute Gasteiger partial charge is 0.300 e. The van der Waals surface area contributed by atoms with Crippen molar-refractivity contribution in [1.29, 1.82) is 0 Å². The zero-order valence-corrected chi connectivity index (χ0v) is 17.0. The van der Waals surface area contributed by atoms with Crippen LogP contribution in [-0.4, -0.2) is 21.8 Å². The molecule has 0 saturated carbocycles. The summed E-state index contributed by atoms with van der Waals surface area (Å²) in [5.74, 6) is -4.44. The Kier molecular flexibility index (Phi) is 5.47. The number of nitrogens with zero attached hydrogens (tertiary/aromatic N) is 2. The summed E-state index contributed by atoms with van der Waals surface area (Å²) < 4.78 is 28.4. The monoisotopic (exact) mass is 460 g/mol. The van der Waals surface area contributed by atoms with Crippen molar-refractivity contribution in [1.82, 2.24) is 4.98 Å². The molecule has 0 bridgehead atoms. The molecule has 2 heterocycles. The second-order valence-corrected chi connectivity index (χ2v) is 7.49. The number of amides is 1. The van der Waals surface area contributed by atoms with Crippen molar-refractivity contribution in [2.75, 3.05) is 4.90 Å². The van der Waals surface area contributed by atoms with Crippen molar-refractivity contribution < 1.29 is 23.5 Å². The first-order valence-electron chi connectivity index (χ1n) is 8.91. The number of aromatic nitrogens is 1. The standard InChI is InChI=1S/C22H12Cl2F2N2O3/c23-14-5-3-11(8-15(14)24)20(29)18-19(12-2-1-7-27-10-12)28(22(31)21(18)30)17-9-13(25)4-6-16(17)26/h1-10,19,29H/b20-18+. The molecule has 1 unspecified atom stereocenters. The maximum Gasteiger partial charge on any atom is 0.300 e. The highest BCUT2D eigenvalue weighted by Gasteiger charge is 2.48. The number of halogens is 4. The van der Waals surface area contributed by atoms with Crippen molar-refractivity contribution >= 4 is 46.3 Å². The maximum absolute atomic E-state index is 14.6. The van der Waals surface area contributed by atoms with E-state index in [9.17, 15) is 23.5 Å². The van der Waals surface area contributed by atoms with Crippen molar-refractivity contribution in [3.05, 3.63) is 99.3 Å². The zero-order chi connectivity index (χ0) is 22.3. The predicted molar refractivity (Wildman–Crippen MR) is 112 cm³/mol. The Morgan fingerprint density at radius 3 is 2.48 bits per heavy atom. The van der Waals surface area contributed by atoms with Crippen molar-refractivity contribution in [2.24, 2.45) is 0 Å². The molecule has 9 heteroatoms. The highest BCUT2D eigenvalue weighted by Crippen LogP contribution is 2.43. The predicted octanol–water partition coefficient (Wildman–Crippen LogP) is 5.29. The molecule has 1 N–H and O–H groups in total. The fourth-order valence-electron chi connectivity index (χ4n) is 3.40. The van der Waals surface area contributed by atoms with Gasteiger partial charge in [-0.05, 0) is 42.0 Å². The van der Waals surface area contributed by atoms with Crippen LogP contribution in [0.3, 0.4) is 0 Å². The van der Waals surface area contributed by atoms with Gasteiger partial charge in [0.05, 0.1) is 27.3 Å². The molecule has 156 valence electrons. The maximum atomic E-state index is 14.6. The summed E-state index contributed by atoms with van der Waals surface area (Å²) in [6.07, 6.45) is 2.83. The Balaban J connectivity index is 1.98. The average molecular weight is 461 g/mol. The number of carbonyl (C=O) groups excluding carboxylic acids is 2. The van der Waals surface area contributed by atoms with Gasteiger partial charge < -0.3 is 5.11 Å². The molecule has 4 rings (SSSR count). The Morgan fingerprint density at radius 2 is 1.81 bits per heavy atom. The van der Waals surface area contributed by atoms with Crippen LogP contribution < -0.4 is 4.90 Å². The first-order chi connectivity index (χ1) is 14.8. The topological polar surface area (TPSA) is 70.5 Å². The number of aliphatic hydroxyl groups excluding tert-OH is 1. The molecule has 1 aromatic heterocycles. The van der Waals surface area contributed by atoms with E-state index in [1.54, 1.807) is 12.1 Å². The third kappa shape index (κ3) is 3.66. The van der Waals surface area contributed by atoms with Gasteiger partial charge in [0.2, 0.25) is 0 Å². The number of hydrogen-bond donors (Lipinski definition) is 1. The molecular formula is C22H12Cl2F2N2O3. The number of ketones is 1. The van der Waals surface area contributed by atoms with Gasteiger partial charge in [0.25, 0.3) is 11.7 Å². The second kappa shape index (κ2) is 8.09. The molecule has 0 aliphatic carbocycles. The van der Waals surface area contributed by atoms with Crippen molar-refractivity contribution in [2.45, 2.75) is 6.04 Å². The largest absolute Gasteiger partial charge is 0.507 e. The lowest BCUT2D eigenvalue weighted by molar-refractivity contribution is -0.132. The van der Waals surface area contributed by atoms with Crippen LogP contribution in [0.2, 0.25) is 10.0 Å². The fourth-order valence-corrected chi connectivity index (χ4v) is 3.70. The molecule has 5 nitrogen and oxygen atoms in total. The highest BCUT2D eigenvalue weighted by molar-refractivity contribution is 6.51. The lowest BCUT2D eigenvalue weighted by atomic mass is 9.96. The highest BCUT2D eigenvalue weighted by atomic mass is 35.5. The van der Waals surface area contributed by atoms with Crippen LogP contribution in [0, 0.1) is 11.6 Å². The van der Waals surface area contributed by atoms with E-state index >= 15 is 0 Å². The molecule has 1 saturated heterocycles. The molecular weight excluding hydrogens is 449 g/mol. The van der Waals surface area contributed by atoms with E-state index in [-0.39, 0.29) is 21.2 Å². The van der Waals surface area contributed by atoms with Gasteiger partial charge in [-0.3, -0.25) is 19.5 Å². The summed E-state index contributed by atoms with van der Waals surface area (Å²) in [6.45, 7) is 0. The van der Waals surface area contributed by atoms with Crippen LogP contribution in [0.15, 0.2) is 66.5 Å². The minimum absolute atomic E-state index is 0.119. The Labute approximate surface area is 185 Å². The van der Waals surface area contributed by atoms with Crippen LogP contribution in [0.25, 0.3) is 5.76 Å². The molecule has 1 atom stereocenters. The van der Waals surface area contributed by atoms with Gasteiger partial charge >= 0.3 is 0 Å². The number of pyridine rings is 1. The second-order valence-electron chi connectivity index (χ2n) is 6.68. The number of Topliss-reactive ketones (excluding diaryl/α,β-unsaturated/α-hetero) is 1. The first-order valence-corrected chi connectivity index (χ1v) is 9.66. The molecule has 2 aromatic carbocycles. The first kappa shape index (κ1) is 21.0. The Hall–Kier alpha value is -3.29. The van der Waals surface area contributed by atoms with Crippen LogP contribution in [0.4, 0.5) is 14.5 Å². The van der Waals surface area contributed by atoms with Crippen LogP contribution >= 0.6 is 23.2 Å². The van der Waals surface area contributed by atoms with E-state index < -0.39 is 40.8 Å². The minimum Gasteiger partial charge on any atom is -0.507 e. The average Bonchev–Trinajstić information content (AvgIpc) is 3.02. The van der Waals surface area contributed by atoms with Gasteiger partial charge in [-0.15, -0.1) is 0 Å². The Bertz CT molecular complexity index is 1250. The minimum atomic E-state index is -1.25. The molecule has 3 aromatic rings. The third-order valence-electron chi connectivity index (χ3n) is 4.81. The third-order valence-corrected chi connectivity index (χ3v) is 5.54. The molecule has 31 heavy (non-hydrogen) atoms. The van der Waals surface area contributed by atoms with Crippen molar-refractivity contribution in [3.63, 3.8) is 0 Å². The Morgan fingerprint density at radius 1 is 1.03 bits per heavy atom. The summed E-state index contributed by atoms with van der Waals surface area (Å²) in [6, 6.07) is 8.57. The normalized spacial score (nSPS) is 17.9. The van der Waals surface area contributed by atoms with E-state index in [0.29, 0.717) is 5.56 Å². The zero-order valence-electron chi connectivity index (χ0n) is 15.5. The summed E-state index contributed by atoms with van der Waals surface area (Å²) in [5.41, 5.74) is -0.322. The fraction of sp³-hybridized carbons (Fsp3) is 0.0455.